The molecule has 0 unspecified atom stereocenters. The number of nitro groups is 1. The van der Waals surface area contributed by atoms with Crippen LogP contribution in [0.25, 0.3) is 0 Å². The number of nitrogens with zero attached hydrogens (tertiary/aromatic N) is 1. The van der Waals surface area contributed by atoms with Gasteiger partial charge in [0.05, 0.1) is 26.9 Å². The van der Waals surface area contributed by atoms with Crippen molar-refractivity contribution in [2.45, 2.75) is 33.9 Å². The first-order valence-corrected chi connectivity index (χ1v) is 11.5. The van der Waals surface area contributed by atoms with Crippen molar-refractivity contribution in [3.05, 3.63) is 99.9 Å². The van der Waals surface area contributed by atoms with Gasteiger partial charge in [0.1, 0.15) is 5.82 Å². The van der Waals surface area contributed by atoms with Gasteiger partial charge in [-0.05, 0) is 35.6 Å². The average molecular weight is 455 g/mol. The van der Waals surface area contributed by atoms with Crippen LogP contribution in [0, 0.1) is 21.8 Å². The molecule has 5 rings (SSSR count). The van der Waals surface area contributed by atoms with Crippen LogP contribution < -0.4 is 5.32 Å². The molecule has 0 spiro atoms. The molecule has 0 radical (unpaired) electrons. The number of thioether (sulfide) groups is 1. The first-order chi connectivity index (χ1) is 15.0. The Kier molecular flexibility index (Phi) is 5.36. The molecule has 1 N–H and O–H groups in total. The molecule has 0 aromatic heterocycles. The van der Waals surface area contributed by atoms with Crippen LogP contribution in [0.3, 0.4) is 0 Å². The first-order valence-electron chi connectivity index (χ1n) is 10.2. The number of para-hydroxylation sites is 2. The number of fused-ring (bicyclic) bond motifs is 3. The summed E-state index contributed by atoms with van der Waals surface area (Å²) in [7, 11) is 0. The Labute approximate surface area is 189 Å². The molecule has 1 fully saturated rings. The average Bonchev–Trinajstić information content (AvgIpc) is 3.11. The van der Waals surface area contributed by atoms with Gasteiger partial charge >= 0.3 is 0 Å². The second-order valence-electron chi connectivity index (χ2n) is 7.99. The molecule has 1 heterocycles. The van der Waals surface area contributed by atoms with E-state index in [0.717, 1.165) is 17.5 Å². The van der Waals surface area contributed by atoms with E-state index in [2.05, 4.69) is 5.32 Å². The van der Waals surface area contributed by atoms with Gasteiger partial charge in [-0.25, -0.2) is 4.39 Å². The van der Waals surface area contributed by atoms with E-state index >= 15 is 0 Å². The normalized spacial score (nSPS) is 26.6. The number of rotatable bonds is 4. The zero-order valence-corrected chi connectivity index (χ0v) is 18.0. The minimum absolute atomic E-state index is 0.0278. The van der Waals surface area contributed by atoms with Gasteiger partial charge in [-0.1, -0.05) is 54.6 Å². The largest absolute Gasteiger partial charge is 0.375 e. The van der Waals surface area contributed by atoms with E-state index < -0.39 is 0 Å². The molecule has 7 heteroatoms. The van der Waals surface area contributed by atoms with Crippen LogP contribution in [0.2, 0.25) is 0 Å². The smallest absolute Gasteiger partial charge is 0.282 e. The maximum atomic E-state index is 14.7. The highest BCUT2D eigenvalue weighted by atomic mass is 35.5. The van der Waals surface area contributed by atoms with Gasteiger partial charge in [0.15, 0.2) is 0 Å². The van der Waals surface area contributed by atoms with Crippen molar-refractivity contribution in [3.8, 4) is 0 Å². The molecule has 3 aromatic rings. The van der Waals surface area contributed by atoms with E-state index in [4.69, 9.17) is 11.6 Å². The number of hydrogen-bond acceptors (Lipinski definition) is 4. The molecule has 1 aliphatic heterocycles. The number of alkyl halides is 1. The second kappa shape index (κ2) is 8.17. The van der Waals surface area contributed by atoms with Crippen molar-refractivity contribution in [1.82, 2.24) is 0 Å². The Bertz CT molecular complexity index is 1130. The van der Waals surface area contributed by atoms with Crippen molar-refractivity contribution in [3.63, 3.8) is 0 Å². The summed E-state index contributed by atoms with van der Waals surface area (Å²) >= 11 is 8.49. The summed E-state index contributed by atoms with van der Waals surface area (Å²) < 4.78 is 14.7. The minimum Gasteiger partial charge on any atom is -0.375 e. The summed E-state index contributed by atoms with van der Waals surface area (Å²) in [5.41, 5.74) is 2.59. The lowest BCUT2D eigenvalue weighted by molar-refractivity contribution is -0.387. The van der Waals surface area contributed by atoms with Crippen molar-refractivity contribution in [1.29, 1.82) is 0 Å². The molecular formula is C24H20ClFN2O2S. The van der Waals surface area contributed by atoms with Crippen molar-refractivity contribution < 1.29 is 9.31 Å². The summed E-state index contributed by atoms with van der Waals surface area (Å²) in [6.07, 6.45) is 0.776. The summed E-state index contributed by atoms with van der Waals surface area (Å²) in [6, 6.07) is 21.8. The monoisotopic (exact) mass is 454 g/mol. The third-order valence-corrected chi connectivity index (χ3v) is 8.41. The molecule has 1 aliphatic carbocycles. The van der Waals surface area contributed by atoms with Crippen LogP contribution in [0.5, 0.6) is 0 Å². The number of anilines is 1. The Morgan fingerprint density at radius 3 is 2.55 bits per heavy atom. The van der Waals surface area contributed by atoms with E-state index in [-0.39, 0.29) is 44.9 Å². The zero-order chi connectivity index (χ0) is 21.5. The lowest BCUT2D eigenvalue weighted by Gasteiger charge is -2.38. The summed E-state index contributed by atoms with van der Waals surface area (Å²) in [5, 5.41) is 14.6. The molecule has 1 saturated carbocycles. The van der Waals surface area contributed by atoms with E-state index in [0.29, 0.717) is 10.6 Å². The van der Waals surface area contributed by atoms with Crippen LogP contribution in [0.1, 0.15) is 29.5 Å². The van der Waals surface area contributed by atoms with Crippen LogP contribution in [0.15, 0.2) is 77.7 Å². The molecule has 5 atom stereocenters. The molecule has 0 bridgehead atoms. The molecule has 0 amide bonds. The van der Waals surface area contributed by atoms with Crippen LogP contribution >= 0.6 is 23.4 Å². The van der Waals surface area contributed by atoms with E-state index in [1.807, 2.05) is 36.4 Å². The predicted molar refractivity (Wildman–Crippen MR) is 122 cm³/mol. The molecule has 0 saturated heterocycles. The van der Waals surface area contributed by atoms with Crippen LogP contribution in [0.4, 0.5) is 15.8 Å². The Balaban J connectivity index is 1.54. The predicted octanol–water partition coefficient (Wildman–Crippen LogP) is 6.77. The fraction of sp³-hybridized carbons (Fsp3) is 0.250. The number of benzene rings is 3. The fourth-order valence-corrected chi connectivity index (χ4v) is 6.91. The summed E-state index contributed by atoms with van der Waals surface area (Å²) in [5.74, 6) is -0.172. The zero-order valence-electron chi connectivity index (χ0n) is 16.4. The Morgan fingerprint density at radius 2 is 1.77 bits per heavy atom. The quantitative estimate of drug-likeness (QED) is 0.268. The standard InChI is InChI=1S/C24H20ClFN2O2S/c25-22-20(31-19-12-5-4-11-18(19)28(29)30)13-16-21(22)15-9-6-10-17(26)24(15)27-23(16)14-7-2-1-3-8-14/h1-12,16,20-23,27H,13H2/t16-,20+,21+,22-,23-/m0/s1. The van der Waals surface area contributed by atoms with Gasteiger partial charge in [0, 0.05) is 17.2 Å². The number of nitro benzene ring substituents is 1. The van der Waals surface area contributed by atoms with Crippen molar-refractivity contribution in [2.24, 2.45) is 5.92 Å². The first kappa shape index (κ1) is 20.3. The molecule has 31 heavy (non-hydrogen) atoms. The maximum absolute atomic E-state index is 14.7. The highest BCUT2D eigenvalue weighted by Gasteiger charge is 2.50. The molecule has 2 aliphatic rings. The Hall–Kier alpha value is -2.57. The van der Waals surface area contributed by atoms with Gasteiger partial charge in [-0.15, -0.1) is 23.4 Å². The maximum Gasteiger partial charge on any atom is 0.282 e. The summed E-state index contributed by atoms with van der Waals surface area (Å²) in [4.78, 5) is 11.7. The molecular weight excluding hydrogens is 435 g/mol. The fourth-order valence-electron chi connectivity index (χ4n) is 4.97. The third-order valence-electron chi connectivity index (χ3n) is 6.30. The molecule has 4 nitrogen and oxygen atoms in total. The van der Waals surface area contributed by atoms with Gasteiger partial charge in [0.2, 0.25) is 0 Å². The number of nitrogens with one attached hydrogen (secondary N) is 1. The van der Waals surface area contributed by atoms with E-state index in [9.17, 15) is 14.5 Å². The van der Waals surface area contributed by atoms with E-state index in [1.54, 1.807) is 24.3 Å². The topological polar surface area (TPSA) is 55.2 Å². The number of halogens is 2. The van der Waals surface area contributed by atoms with Crippen molar-refractivity contribution >= 4 is 34.7 Å². The van der Waals surface area contributed by atoms with Crippen LogP contribution in [-0.4, -0.2) is 15.6 Å². The van der Waals surface area contributed by atoms with Crippen molar-refractivity contribution in [2.75, 3.05) is 5.32 Å². The second-order valence-corrected chi connectivity index (χ2v) is 9.77. The van der Waals surface area contributed by atoms with Gasteiger partial charge < -0.3 is 5.32 Å². The van der Waals surface area contributed by atoms with Crippen LogP contribution in [-0.2, 0) is 0 Å². The summed E-state index contributed by atoms with van der Waals surface area (Å²) in [6.45, 7) is 0. The highest BCUT2D eigenvalue weighted by Crippen LogP contribution is 2.58. The van der Waals surface area contributed by atoms with Gasteiger partial charge in [-0.2, -0.15) is 0 Å². The van der Waals surface area contributed by atoms with Gasteiger partial charge in [-0.3, -0.25) is 10.1 Å². The van der Waals surface area contributed by atoms with Gasteiger partial charge in [0.25, 0.3) is 5.69 Å². The lowest BCUT2D eigenvalue weighted by Crippen LogP contribution is -2.31. The molecule has 3 aromatic carbocycles. The molecule has 158 valence electrons. The SMILES string of the molecule is O=[N+]([O-])c1ccccc1S[C@@H]1C[C@H]2[C@@H](c3cccc(F)c3N[C@H]2c2ccccc2)[C@H]1Cl. The minimum atomic E-state index is -0.355. The highest BCUT2D eigenvalue weighted by molar-refractivity contribution is 8.00. The number of hydrogen-bond donors (Lipinski definition) is 1. The lowest BCUT2D eigenvalue weighted by atomic mass is 9.77. The van der Waals surface area contributed by atoms with E-state index in [1.165, 1.54) is 23.9 Å². The third kappa shape index (κ3) is 3.58. The Morgan fingerprint density at radius 1 is 1.03 bits per heavy atom.